The highest BCUT2D eigenvalue weighted by atomic mass is 35.5. The van der Waals surface area contributed by atoms with Gasteiger partial charge < -0.3 is 14.8 Å². The summed E-state index contributed by atoms with van der Waals surface area (Å²) in [4.78, 5) is 12.8. The third-order valence-corrected chi connectivity index (χ3v) is 6.55. The maximum Gasteiger partial charge on any atom is 0.261 e. The number of methoxy groups -OCH3 is 1. The van der Waals surface area contributed by atoms with E-state index in [0.29, 0.717) is 11.5 Å². The fraction of sp³-hybridized carbons (Fsp3) is 0.240. The van der Waals surface area contributed by atoms with Gasteiger partial charge in [0, 0.05) is 6.54 Å². The number of ether oxygens (including phenoxy) is 2. The second kappa shape index (κ2) is 10.8. The van der Waals surface area contributed by atoms with Crippen LogP contribution in [0, 0.1) is 6.92 Å². The van der Waals surface area contributed by atoms with Gasteiger partial charge in [0.05, 0.1) is 34.4 Å². The van der Waals surface area contributed by atoms with Gasteiger partial charge in [-0.15, -0.1) is 0 Å². The smallest absolute Gasteiger partial charge is 0.261 e. The number of halogens is 1. The van der Waals surface area contributed by atoms with E-state index in [9.17, 15) is 13.2 Å². The first-order valence-electron chi connectivity index (χ1n) is 10.6. The minimum Gasteiger partial charge on any atom is -0.493 e. The topological polar surface area (TPSA) is 93.7 Å². The highest BCUT2D eigenvalue weighted by Gasteiger charge is 2.17. The minimum atomic E-state index is -3.78. The van der Waals surface area contributed by atoms with Crippen molar-refractivity contribution in [3.8, 4) is 11.5 Å². The Balaban J connectivity index is 1.68. The summed E-state index contributed by atoms with van der Waals surface area (Å²) >= 11 is 6.29. The molecule has 2 N–H and O–H groups in total. The van der Waals surface area contributed by atoms with Crippen LogP contribution < -0.4 is 19.5 Å². The molecule has 0 unspecified atom stereocenters. The minimum absolute atomic E-state index is 0.00549. The van der Waals surface area contributed by atoms with Crippen molar-refractivity contribution < 1.29 is 22.7 Å². The van der Waals surface area contributed by atoms with Crippen molar-refractivity contribution in [2.45, 2.75) is 38.3 Å². The van der Waals surface area contributed by atoms with Gasteiger partial charge in [-0.3, -0.25) is 9.52 Å². The summed E-state index contributed by atoms with van der Waals surface area (Å²) in [6.45, 7) is 5.97. The normalized spacial score (nSPS) is 11.2. The fourth-order valence-electron chi connectivity index (χ4n) is 3.15. The molecule has 0 heterocycles. The lowest BCUT2D eigenvalue weighted by molar-refractivity contribution is 0.0951. The number of hydrogen-bond donors (Lipinski definition) is 2. The molecule has 0 aromatic heterocycles. The number of carbonyl (C=O) groups excluding carboxylic acids is 1. The number of rotatable bonds is 9. The van der Waals surface area contributed by atoms with Gasteiger partial charge in [-0.05, 0) is 68.8 Å². The number of hydrogen-bond acceptors (Lipinski definition) is 5. The molecule has 0 saturated carbocycles. The monoisotopic (exact) mass is 502 g/mol. The average molecular weight is 503 g/mol. The number of nitrogens with one attached hydrogen (secondary N) is 2. The molecule has 3 aromatic carbocycles. The third-order valence-electron chi connectivity index (χ3n) is 4.84. The van der Waals surface area contributed by atoms with Crippen molar-refractivity contribution in [3.63, 3.8) is 0 Å². The molecule has 0 atom stereocenters. The van der Waals surface area contributed by atoms with Gasteiger partial charge in [-0.2, -0.15) is 0 Å². The van der Waals surface area contributed by atoms with Crippen molar-refractivity contribution in [1.29, 1.82) is 0 Å². The lowest BCUT2D eigenvalue weighted by Crippen LogP contribution is -2.23. The van der Waals surface area contributed by atoms with Crippen LogP contribution in [0.15, 0.2) is 65.6 Å². The summed E-state index contributed by atoms with van der Waals surface area (Å²) in [5.74, 6) is 0.808. The molecule has 180 valence electrons. The molecular weight excluding hydrogens is 476 g/mol. The molecule has 9 heteroatoms. The Morgan fingerprint density at radius 1 is 1.00 bits per heavy atom. The van der Waals surface area contributed by atoms with E-state index in [1.54, 1.807) is 31.4 Å². The van der Waals surface area contributed by atoms with Crippen molar-refractivity contribution >= 4 is 33.2 Å². The van der Waals surface area contributed by atoms with Crippen LogP contribution in [-0.2, 0) is 16.6 Å². The van der Waals surface area contributed by atoms with Crippen molar-refractivity contribution in [2.75, 3.05) is 11.8 Å². The Bertz CT molecular complexity index is 1270. The molecule has 0 radical (unpaired) electrons. The highest BCUT2D eigenvalue weighted by molar-refractivity contribution is 7.92. The quantitative estimate of drug-likeness (QED) is 0.420. The maximum atomic E-state index is 12.7. The molecule has 0 aliphatic rings. The zero-order valence-corrected chi connectivity index (χ0v) is 21.0. The molecule has 0 aliphatic heterocycles. The Morgan fingerprint density at radius 3 is 2.32 bits per heavy atom. The van der Waals surface area contributed by atoms with Gasteiger partial charge >= 0.3 is 0 Å². The Kier molecular flexibility index (Phi) is 8.06. The van der Waals surface area contributed by atoms with Gasteiger partial charge in [-0.25, -0.2) is 8.42 Å². The van der Waals surface area contributed by atoms with E-state index in [-0.39, 0.29) is 39.7 Å². The van der Waals surface area contributed by atoms with Crippen LogP contribution in [-0.4, -0.2) is 27.5 Å². The SMILES string of the molecule is COc1cc(CNC(=O)c2ccc(NS(=O)(=O)c3ccc(C)cc3)cc2Cl)ccc1OC(C)C. The fourth-order valence-corrected chi connectivity index (χ4v) is 4.46. The van der Waals surface area contributed by atoms with Crippen molar-refractivity contribution in [2.24, 2.45) is 0 Å². The molecule has 34 heavy (non-hydrogen) atoms. The van der Waals surface area contributed by atoms with E-state index in [2.05, 4.69) is 10.0 Å². The zero-order valence-electron chi connectivity index (χ0n) is 19.4. The van der Waals surface area contributed by atoms with Crippen molar-refractivity contribution in [1.82, 2.24) is 5.32 Å². The number of amides is 1. The summed E-state index contributed by atoms with van der Waals surface area (Å²) in [6.07, 6.45) is 0.00549. The van der Waals surface area contributed by atoms with E-state index in [0.717, 1.165) is 11.1 Å². The lowest BCUT2D eigenvalue weighted by Gasteiger charge is -2.15. The Hall–Kier alpha value is -3.23. The van der Waals surface area contributed by atoms with Crippen molar-refractivity contribution in [3.05, 3.63) is 82.4 Å². The second-order valence-corrected chi connectivity index (χ2v) is 10.0. The van der Waals surface area contributed by atoms with Crippen LogP contribution in [0.1, 0.15) is 35.3 Å². The molecule has 1 amide bonds. The largest absolute Gasteiger partial charge is 0.493 e. The summed E-state index contributed by atoms with van der Waals surface area (Å²) < 4.78 is 38.7. The third kappa shape index (κ3) is 6.42. The maximum absolute atomic E-state index is 12.7. The van der Waals surface area contributed by atoms with Gasteiger partial charge in [0.25, 0.3) is 15.9 Å². The molecule has 3 aromatic rings. The molecular formula is C25H27ClN2O5S. The Morgan fingerprint density at radius 2 is 1.71 bits per heavy atom. The number of aryl methyl sites for hydroxylation is 1. The molecule has 7 nitrogen and oxygen atoms in total. The first kappa shape index (κ1) is 25.4. The highest BCUT2D eigenvalue weighted by Crippen LogP contribution is 2.29. The van der Waals surface area contributed by atoms with Crippen LogP contribution in [0.5, 0.6) is 11.5 Å². The van der Waals surface area contributed by atoms with E-state index in [1.807, 2.05) is 26.8 Å². The molecule has 3 rings (SSSR count). The van der Waals surface area contributed by atoms with Gasteiger partial charge in [0.2, 0.25) is 0 Å². The van der Waals surface area contributed by atoms with Crippen LogP contribution >= 0.6 is 11.6 Å². The standard InChI is InChI=1S/C25H27ClN2O5S/c1-16(2)33-23-12-7-18(13-24(23)32-4)15-27-25(29)21-11-8-19(14-22(21)26)28-34(30,31)20-9-5-17(3)6-10-20/h5-14,16,28H,15H2,1-4H3,(H,27,29). The lowest BCUT2D eigenvalue weighted by atomic mass is 10.1. The summed E-state index contributed by atoms with van der Waals surface area (Å²) in [5, 5.41) is 2.93. The summed E-state index contributed by atoms with van der Waals surface area (Å²) in [7, 11) is -2.22. The van der Waals surface area contributed by atoms with Gasteiger partial charge in [-0.1, -0.05) is 35.4 Å². The summed E-state index contributed by atoms with van der Waals surface area (Å²) in [5.41, 5.74) is 2.26. The molecule has 0 saturated heterocycles. The van der Waals surface area contributed by atoms with Gasteiger partial charge in [0.1, 0.15) is 0 Å². The van der Waals surface area contributed by atoms with Crippen LogP contribution in [0.25, 0.3) is 0 Å². The van der Waals surface area contributed by atoms with Crippen LogP contribution in [0.3, 0.4) is 0 Å². The molecule has 0 spiro atoms. The second-order valence-electron chi connectivity index (χ2n) is 7.95. The number of sulfonamides is 1. The predicted octanol–water partition coefficient (Wildman–Crippen LogP) is 5.18. The number of carbonyl (C=O) groups is 1. The number of anilines is 1. The molecule has 0 fully saturated rings. The van der Waals surface area contributed by atoms with E-state index in [4.69, 9.17) is 21.1 Å². The zero-order chi connectivity index (χ0) is 24.9. The number of benzene rings is 3. The molecule has 0 bridgehead atoms. The molecule has 0 aliphatic carbocycles. The van der Waals surface area contributed by atoms with E-state index >= 15 is 0 Å². The van der Waals surface area contributed by atoms with E-state index in [1.165, 1.54) is 30.3 Å². The van der Waals surface area contributed by atoms with Crippen LogP contribution in [0.4, 0.5) is 5.69 Å². The first-order valence-corrected chi connectivity index (χ1v) is 12.5. The Labute approximate surface area is 205 Å². The predicted molar refractivity (Wildman–Crippen MR) is 133 cm³/mol. The first-order chi connectivity index (χ1) is 16.1. The average Bonchev–Trinajstić information content (AvgIpc) is 2.78. The van der Waals surface area contributed by atoms with E-state index < -0.39 is 10.0 Å². The summed E-state index contributed by atoms with van der Waals surface area (Å²) in [6, 6.07) is 16.3. The van der Waals surface area contributed by atoms with Crippen LogP contribution in [0.2, 0.25) is 5.02 Å². The van der Waals surface area contributed by atoms with Gasteiger partial charge in [0.15, 0.2) is 11.5 Å².